The van der Waals surface area contributed by atoms with Gasteiger partial charge in [-0.05, 0) is 24.6 Å². The van der Waals surface area contributed by atoms with E-state index in [4.69, 9.17) is 4.74 Å². The van der Waals surface area contributed by atoms with Crippen molar-refractivity contribution < 1.29 is 19.1 Å². The zero-order valence-corrected chi connectivity index (χ0v) is 12.2. The van der Waals surface area contributed by atoms with Gasteiger partial charge in [-0.3, -0.25) is 9.59 Å². The van der Waals surface area contributed by atoms with Gasteiger partial charge in [0.25, 0.3) is 5.91 Å². The number of carbonyl (C=O) groups excluding carboxylic acids is 2. The molecule has 0 aromatic heterocycles. The summed E-state index contributed by atoms with van der Waals surface area (Å²) >= 11 is 3.31. The summed E-state index contributed by atoms with van der Waals surface area (Å²) in [6, 6.07) is 6.81. The molecule has 0 saturated carbocycles. The summed E-state index contributed by atoms with van der Waals surface area (Å²) in [5.41, 5.74) is 0.445. The molecule has 0 spiro atoms. The Morgan fingerprint density at radius 1 is 1.37 bits per heavy atom. The number of hydrogen-bond acceptors (Lipinski definition) is 4. The van der Waals surface area contributed by atoms with Gasteiger partial charge in [0, 0.05) is 10.9 Å². The third kappa shape index (κ3) is 5.74. The molecule has 0 bridgehead atoms. The second kappa shape index (κ2) is 8.53. The van der Waals surface area contributed by atoms with E-state index >= 15 is 0 Å². The van der Waals surface area contributed by atoms with Crippen molar-refractivity contribution in [2.45, 2.75) is 6.42 Å². The SMILES string of the molecule is COC(=O)CNC(=O)c1cccc(OCCCBr)c1. The predicted octanol–water partition coefficient (Wildman–Crippen LogP) is 1.75. The van der Waals surface area contributed by atoms with Crippen LogP contribution in [0.4, 0.5) is 0 Å². The number of nitrogens with one attached hydrogen (secondary N) is 1. The molecular weight excluding hydrogens is 314 g/mol. The first-order valence-electron chi connectivity index (χ1n) is 5.81. The van der Waals surface area contributed by atoms with Crippen LogP contribution in [0.3, 0.4) is 0 Å². The standard InChI is InChI=1S/C13H16BrNO4/c1-18-12(16)9-15-13(17)10-4-2-5-11(8-10)19-7-3-6-14/h2,4-5,8H,3,6-7,9H2,1H3,(H,15,17). The van der Waals surface area contributed by atoms with Crippen LogP contribution in [0.2, 0.25) is 0 Å². The van der Waals surface area contributed by atoms with Gasteiger partial charge in [0.2, 0.25) is 0 Å². The van der Waals surface area contributed by atoms with Crippen molar-refractivity contribution in [1.29, 1.82) is 0 Å². The van der Waals surface area contributed by atoms with Crippen LogP contribution in [0.5, 0.6) is 5.75 Å². The molecule has 0 unspecified atom stereocenters. The smallest absolute Gasteiger partial charge is 0.325 e. The minimum absolute atomic E-state index is 0.149. The fourth-order valence-electron chi connectivity index (χ4n) is 1.30. The molecule has 0 aliphatic carbocycles. The number of rotatable bonds is 7. The highest BCUT2D eigenvalue weighted by atomic mass is 79.9. The Morgan fingerprint density at radius 2 is 2.16 bits per heavy atom. The maximum atomic E-state index is 11.8. The largest absolute Gasteiger partial charge is 0.494 e. The molecule has 0 saturated heterocycles. The highest BCUT2D eigenvalue weighted by Crippen LogP contribution is 2.13. The first-order valence-corrected chi connectivity index (χ1v) is 6.93. The normalized spacial score (nSPS) is 9.79. The molecule has 6 heteroatoms. The molecule has 1 amide bonds. The van der Waals surface area contributed by atoms with Crippen LogP contribution < -0.4 is 10.1 Å². The van der Waals surface area contributed by atoms with Crippen molar-refractivity contribution >= 4 is 27.8 Å². The van der Waals surface area contributed by atoms with E-state index in [0.29, 0.717) is 17.9 Å². The van der Waals surface area contributed by atoms with E-state index in [1.54, 1.807) is 24.3 Å². The molecular formula is C13H16BrNO4. The summed E-state index contributed by atoms with van der Waals surface area (Å²) in [4.78, 5) is 22.7. The van der Waals surface area contributed by atoms with Crippen LogP contribution in [0, 0.1) is 0 Å². The van der Waals surface area contributed by atoms with E-state index in [9.17, 15) is 9.59 Å². The maximum Gasteiger partial charge on any atom is 0.325 e. The fraction of sp³-hybridized carbons (Fsp3) is 0.385. The van der Waals surface area contributed by atoms with Crippen molar-refractivity contribution in [2.24, 2.45) is 0 Å². The quantitative estimate of drug-likeness (QED) is 0.470. The summed E-state index contributed by atoms with van der Waals surface area (Å²) < 4.78 is 9.93. The minimum atomic E-state index is -0.488. The molecule has 0 aliphatic rings. The van der Waals surface area contributed by atoms with Gasteiger partial charge in [-0.1, -0.05) is 22.0 Å². The monoisotopic (exact) mass is 329 g/mol. The Kier molecular flexibility index (Phi) is 6.95. The molecule has 1 aromatic rings. The highest BCUT2D eigenvalue weighted by Gasteiger charge is 2.08. The van der Waals surface area contributed by atoms with Gasteiger partial charge in [0.1, 0.15) is 12.3 Å². The number of ether oxygens (including phenoxy) is 2. The number of halogens is 1. The topological polar surface area (TPSA) is 64.6 Å². The van der Waals surface area contributed by atoms with Gasteiger partial charge in [0.15, 0.2) is 0 Å². The van der Waals surface area contributed by atoms with Crippen molar-refractivity contribution in [3.05, 3.63) is 29.8 Å². The number of benzene rings is 1. The summed E-state index contributed by atoms with van der Waals surface area (Å²) in [7, 11) is 1.27. The van der Waals surface area contributed by atoms with E-state index in [0.717, 1.165) is 11.8 Å². The molecule has 0 fully saturated rings. The van der Waals surface area contributed by atoms with Gasteiger partial charge in [0.05, 0.1) is 13.7 Å². The second-order valence-electron chi connectivity index (χ2n) is 3.68. The van der Waals surface area contributed by atoms with Gasteiger partial charge in [-0.25, -0.2) is 0 Å². The molecule has 5 nitrogen and oxygen atoms in total. The van der Waals surface area contributed by atoms with E-state index in [1.807, 2.05) is 0 Å². The Labute approximate surface area is 120 Å². The minimum Gasteiger partial charge on any atom is -0.494 e. The summed E-state index contributed by atoms with van der Waals surface area (Å²) in [5, 5.41) is 3.33. The van der Waals surface area contributed by atoms with Crippen LogP contribution >= 0.6 is 15.9 Å². The van der Waals surface area contributed by atoms with Gasteiger partial charge >= 0.3 is 5.97 Å². The second-order valence-corrected chi connectivity index (χ2v) is 4.47. The third-order valence-electron chi connectivity index (χ3n) is 2.26. The van der Waals surface area contributed by atoms with E-state index < -0.39 is 5.97 Å². The van der Waals surface area contributed by atoms with E-state index in [1.165, 1.54) is 7.11 Å². The number of amides is 1. The zero-order valence-electron chi connectivity index (χ0n) is 10.6. The first kappa shape index (κ1) is 15.5. The summed E-state index contributed by atoms with van der Waals surface area (Å²) in [5.74, 6) is -0.193. The zero-order chi connectivity index (χ0) is 14.1. The number of esters is 1. The third-order valence-corrected chi connectivity index (χ3v) is 2.82. The Hall–Kier alpha value is -1.56. The van der Waals surface area contributed by atoms with Crippen molar-refractivity contribution in [2.75, 3.05) is 25.6 Å². The lowest BCUT2D eigenvalue weighted by Crippen LogP contribution is -2.30. The molecule has 0 heterocycles. The number of alkyl halides is 1. The lowest BCUT2D eigenvalue weighted by Gasteiger charge is -2.07. The molecule has 1 N–H and O–H groups in total. The predicted molar refractivity (Wildman–Crippen MR) is 74.7 cm³/mol. The van der Waals surface area contributed by atoms with Crippen molar-refractivity contribution in [3.8, 4) is 5.75 Å². The van der Waals surface area contributed by atoms with Crippen LogP contribution in [0.1, 0.15) is 16.8 Å². The van der Waals surface area contributed by atoms with Crippen LogP contribution in [0.25, 0.3) is 0 Å². The average molecular weight is 330 g/mol. The van der Waals surface area contributed by atoms with Crippen LogP contribution in [0.15, 0.2) is 24.3 Å². The average Bonchev–Trinajstić information content (AvgIpc) is 2.45. The van der Waals surface area contributed by atoms with Crippen molar-refractivity contribution in [1.82, 2.24) is 5.32 Å². The van der Waals surface area contributed by atoms with Gasteiger partial charge < -0.3 is 14.8 Å². The van der Waals surface area contributed by atoms with Gasteiger partial charge in [-0.2, -0.15) is 0 Å². The lowest BCUT2D eigenvalue weighted by atomic mass is 10.2. The molecule has 0 atom stereocenters. The molecule has 0 radical (unpaired) electrons. The fourth-order valence-corrected chi connectivity index (χ4v) is 1.53. The molecule has 0 aliphatic heterocycles. The van der Waals surface area contributed by atoms with Gasteiger partial charge in [-0.15, -0.1) is 0 Å². The molecule has 104 valence electrons. The molecule has 1 rings (SSSR count). The number of carbonyl (C=O) groups is 2. The Balaban J connectivity index is 2.55. The molecule has 19 heavy (non-hydrogen) atoms. The molecule has 1 aromatic carbocycles. The maximum absolute atomic E-state index is 11.8. The van der Waals surface area contributed by atoms with Crippen molar-refractivity contribution in [3.63, 3.8) is 0 Å². The van der Waals surface area contributed by atoms with Crippen LogP contribution in [-0.4, -0.2) is 37.5 Å². The Bertz CT molecular complexity index is 436. The Morgan fingerprint density at radius 3 is 2.84 bits per heavy atom. The van der Waals surface area contributed by atoms with E-state index in [2.05, 4.69) is 26.0 Å². The summed E-state index contributed by atoms with van der Waals surface area (Å²) in [6.45, 7) is 0.433. The van der Waals surface area contributed by atoms with E-state index in [-0.39, 0.29) is 12.5 Å². The number of hydrogen-bond donors (Lipinski definition) is 1. The summed E-state index contributed by atoms with van der Waals surface area (Å²) in [6.07, 6.45) is 0.888. The highest BCUT2D eigenvalue weighted by molar-refractivity contribution is 9.09. The number of methoxy groups -OCH3 is 1. The first-order chi connectivity index (χ1) is 9.17. The lowest BCUT2D eigenvalue weighted by molar-refractivity contribution is -0.139. The van der Waals surface area contributed by atoms with Crippen LogP contribution in [-0.2, 0) is 9.53 Å².